The zero-order valence-electron chi connectivity index (χ0n) is 16.1. The second kappa shape index (κ2) is 12.1. The van der Waals surface area contributed by atoms with Crippen molar-refractivity contribution < 1.29 is 23.7 Å². The first-order valence-electron chi connectivity index (χ1n) is 8.86. The summed E-state index contributed by atoms with van der Waals surface area (Å²) in [4.78, 5) is 13.9. The molecule has 0 unspecified atom stereocenters. The summed E-state index contributed by atoms with van der Waals surface area (Å²) in [5, 5.41) is 7.43. The van der Waals surface area contributed by atoms with Crippen LogP contribution in [0, 0.1) is 0 Å². The molecule has 0 aliphatic carbocycles. The van der Waals surface area contributed by atoms with E-state index in [9.17, 15) is 4.79 Å². The van der Waals surface area contributed by atoms with Crippen molar-refractivity contribution in [1.82, 2.24) is 15.6 Å². The number of hydrogen-bond acceptors (Lipinski definition) is 7. The second-order valence-corrected chi connectivity index (χ2v) is 6.22. The quantitative estimate of drug-likeness (QED) is 0.261. The van der Waals surface area contributed by atoms with Crippen LogP contribution in [-0.2, 0) is 14.3 Å². The highest BCUT2D eigenvalue weighted by Crippen LogP contribution is 2.27. The lowest BCUT2D eigenvalue weighted by atomic mass is 10.2. The lowest BCUT2D eigenvalue weighted by molar-refractivity contribution is -0.137. The molecule has 1 aromatic carbocycles. The maximum absolute atomic E-state index is 12.2. The number of thiocarbonyl (C=S) groups is 1. The molecule has 1 fully saturated rings. The molecule has 2 rings (SSSR count). The molecule has 0 radical (unpaired) electrons. The van der Waals surface area contributed by atoms with Gasteiger partial charge in [0.25, 0.3) is 5.91 Å². The van der Waals surface area contributed by atoms with Gasteiger partial charge in [-0.25, -0.2) is 0 Å². The number of benzene rings is 1. The Bertz CT molecular complexity index is 680. The van der Waals surface area contributed by atoms with Gasteiger partial charge in [-0.2, -0.15) is 5.10 Å². The molecule has 10 heteroatoms. The largest absolute Gasteiger partial charge is 0.493 e. The Hall–Kier alpha value is -2.43. The van der Waals surface area contributed by atoms with Crippen LogP contribution < -0.4 is 20.2 Å². The van der Waals surface area contributed by atoms with E-state index in [-0.39, 0.29) is 12.5 Å². The van der Waals surface area contributed by atoms with E-state index in [0.717, 1.165) is 5.56 Å². The summed E-state index contributed by atoms with van der Waals surface area (Å²) in [5.41, 5.74) is 3.51. The van der Waals surface area contributed by atoms with Crippen molar-refractivity contribution in [2.24, 2.45) is 5.10 Å². The number of carbonyl (C=O) groups is 1. The Morgan fingerprint density at radius 2 is 2.11 bits per heavy atom. The molecule has 9 nitrogen and oxygen atoms in total. The summed E-state index contributed by atoms with van der Waals surface area (Å²) >= 11 is 5.08. The number of rotatable bonds is 9. The van der Waals surface area contributed by atoms with Crippen LogP contribution in [0.1, 0.15) is 5.56 Å². The van der Waals surface area contributed by atoms with Gasteiger partial charge in [0.15, 0.2) is 23.2 Å². The minimum absolute atomic E-state index is 0.0488. The number of hydrazone groups is 1. The fourth-order valence-electron chi connectivity index (χ4n) is 2.40. The van der Waals surface area contributed by atoms with Crippen LogP contribution in [0.2, 0.25) is 0 Å². The van der Waals surface area contributed by atoms with E-state index in [4.69, 9.17) is 31.2 Å². The van der Waals surface area contributed by atoms with Gasteiger partial charge in [0, 0.05) is 26.7 Å². The third-order valence-electron chi connectivity index (χ3n) is 3.87. The Morgan fingerprint density at radius 3 is 2.82 bits per heavy atom. The molecule has 0 bridgehead atoms. The number of nitrogens with one attached hydrogen (secondary N) is 2. The van der Waals surface area contributed by atoms with Crippen LogP contribution in [0.4, 0.5) is 0 Å². The molecule has 0 atom stereocenters. The predicted molar refractivity (Wildman–Crippen MR) is 109 cm³/mol. The average Bonchev–Trinajstić information content (AvgIpc) is 2.73. The first-order chi connectivity index (χ1) is 13.6. The van der Waals surface area contributed by atoms with Crippen LogP contribution in [0.25, 0.3) is 0 Å². The predicted octanol–water partition coefficient (Wildman–Crippen LogP) is 0.377. The number of morpholine rings is 1. The Kier molecular flexibility index (Phi) is 9.46. The highest BCUT2D eigenvalue weighted by molar-refractivity contribution is 7.80. The summed E-state index contributed by atoms with van der Waals surface area (Å²) in [6, 6.07) is 5.31. The van der Waals surface area contributed by atoms with Crippen molar-refractivity contribution in [3.05, 3.63) is 23.8 Å². The van der Waals surface area contributed by atoms with Crippen molar-refractivity contribution in [3.8, 4) is 11.5 Å². The number of carbonyl (C=O) groups excluding carboxylic acids is 1. The van der Waals surface area contributed by atoms with Gasteiger partial charge in [-0.1, -0.05) is 0 Å². The molecule has 0 aromatic heterocycles. The third kappa shape index (κ3) is 7.29. The van der Waals surface area contributed by atoms with Crippen molar-refractivity contribution in [2.45, 2.75) is 0 Å². The summed E-state index contributed by atoms with van der Waals surface area (Å²) in [5.74, 6) is 0.931. The molecule has 1 heterocycles. The van der Waals surface area contributed by atoms with Gasteiger partial charge < -0.3 is 29.2 Å². The van der Waals surface area contributed by atoms with Crippen molar-refractivity contribution >= 4 is 29.5 Å². The number of amides is 1. The molecule has 1 amide bonds. The normalized spacial score (nSPS) is 14.0. The van der Waals surface area contributed by atoms with Gasteiger partial charge in [-0.3, -0.25) is 10.2 Å². The highest BCUT2D eigenvalue weighted by Gasteiger charge is 2.18. The number of methoxy groups -OCH3 is 2. The summed E-state index contributed by atoms with van der Waals surface area (Å²) in [6.07, 6.45) is 1.61. The van der Waals surface area contributed by atoms with Gasteiger partial charge in [0.05, 0.1) is 33.1 Å². The molecule has 1 aromatic rings. The second-order valence-electron chi connectivity index (χ2n) is 5.81. The van der Waals surface area contributed by atoms with Gasteiger partial charge in [0.2, 0.25) is 0 Å². The number of nitrogens with zero attached hydrogens (tertiary/aromatic N) is 2. The lowest BCUT2D eigenvalue weighted by Crippen LogP contribution is -2.43. The standard InChI is InChI=1S/C18H26N4O5S/c1-24-8-5-19-18(28)21-20-12-14-3-4-15(16(11-14)25-2)27-13-17(23)22-6-9-26-10-7-22/h3-4,11-12H,5-10,13H2,1-2H3,(H2,19,21,28)/b20-12-. The molecule has 1 saturated heterocycles. The zero-order chi connectivity index (χ0) is 20.2. The van der Waals surface area contributed by atoms with Crippen LogP contribution in [0.5, 0.6) is 11.5 Å². The van der Waals surface area contributed by atoms with Crippen LogP contribution in [0.3, 0.4) is 0 Å². The summed E-state index contributed by atoms with van der Waals surface area (Å²) in [7, 11) is 3.16. The first kappa shape index (κ1) is 21.9. The fraction of sp³-hybridized carbons (Fsp3) is 0.500. The van der Waals surface area contributed by atoms with Gasteiger partial charge >= 0.3 is 0 Å². The van der Waals surface area contributed by atoms with Crippen LogP contribution in [-0.4, -0.2) is 82.4 Å². The molecule has 154 valence electrons. The molecule has 1 aliphatic heterocycles. The lowest BCUT2D eigenvalue weighted by Gasteiger charge is -2.26. The van der Waals surface area contributed by atoms with Crippen molar-refractivity contribution in [1.29, 1.82) is 0 Å². The molecule has 28 heavy (non-hydrogen) atoms. The number of ether oxygens (including phenoxy) is 4. The maximum atomic E-state index is 12.2. The van der Waals surface area contributed by atoms with E-state index < -0.39 is 0 Å². The minimum Gasteiger partial charge on any atom is -0.493 e. The van der Waals surface area contributed by atoms with E-state index in [2.05, 4.69) is 15.8 Å². The number of hydrogen-bond donors (Lipinski definition) is 2. The molecule has 2 N–H and O–H groups in total. The first-order valence-corrected chi connectivity index (χ1v) is 9.27. The highest BCUT2D eigenvalue weighted by atomic mass is 32.1. The molecular weight excluding hydrogens is 384 g/mol. The van der Waals surface area contributed by atoms with Gasteiger partial charge in [0.1, 0.15) is 0 Å². The molecule has 1 aliphatic rings. The van der Waals surface area contributed by atoms with Gasteiger partial charge in [-0.05, 0) is 36.0 Å². The van der Waals surface area contributed by atoms with E-state index in [1.807, 2.05) is 6.07 Å². The van der Waals surface area contributed by atoms with E-state index in [1.165, 1.54) is 0 Å². The van der Waals surface area contributed by atoms with Crippen LogP contribution >= 0.6 is 12.2 Å². The van der Waals surface area contributed by atoms with Crippen molar-refractivity contribution in [3.63, 3.8) is 0 Å². The van der Waals surface area contributed by atoms with Gasteiger partial charge in [-0.15, -0.1) is 0 Å². The topological polar surface area (TPSA) is 93.6 Å². The monoisotopic (exact) mass is 410 g/mol. The minimum atomic E-state index is -0.0744. The maximum Gasteiger partial charge on any atom is 0.260 e. The summed E-state index contributed by atoms with van der Waals surface area (Å²) in [6.45, 7) is 3.39. The Labute approximate surface area is 170 Å². The van der Waals surface area contributed by atoms with Crippen LogP contribution in [0.15, 0.2) is 23.3 Å². The smallest absolute Gasteiger partial charge is 0.260 e. The molecule has 0 saturated carbocycles. The zero-order valence-corrected chi connectivity index (χ0v) is 16.9. The fourth-order valence-corrected chi connectivity index (χ4v) is 2.55. The molecule has 0 spiro atoms. The van der Waals surface area contributed by atoms with Crippen molar-refractivity contribution in [2.75, 3.05) is 60.3 Å². The summed E-state index contributed by atoms with van der Waals surface area (Å²) < 4.78 is 21.2. The SMILES string of the molecule is COCCNC(=S)N/N=C\c1ccc(OCC(=O)N2CCOCC2)c(OC)c1. The van der Waals surface area contributed by atoms with E-state index in [1.54, 1.807) is 37.5 Å². The average molecular weight is 410 g/mol. The Balaban J connectivity index is 1.85. The molecular formula is C18H26N4O5S. The van der Waals surface area contributed by atoms with E-state index in [0.29, 0.717) is 56.1 Å². The third-order valence-corrected chi connectivity index (χ3v) is 4.11. The Morgan fingerprint density at radius 1 is 1.32 bits per heavy atom. The van der Waals surface area contributed by atoms with E-state index >= 15 is 0 Å².